The van der Waals surface area contributed by atoms with Gasteiger partial charge in [0.05, 0.1) is 19.4 Å². The van der Waals surface area contributed by atoms with Crippen molar-refractivity contribution in [2.45, 2.75) is 27.3 Å². The lowest BCUT2D eigenvalue weighted by atomic mass is 10.1. The molecule has 6 heteroatoms. The van der Waals surface area contributed by atoms with Crippen molar-refractivity contribution in [3.8, 4) is 16.9 Å². The summed E-state index contributed by atoms with van der Waals surface area (Å²) in [5.74, 6) is -0.0414. The number of amides is 1. The van der Waals surface area contributed by atoms with Gasteiger partial charge in [-0.3, -0.25) is 4.79 Å². The van der Waals surface area contributed by atoms with Crippen molar-refractivity contribution >= 4 is 17.6 Å². The summed E-state index contributed by atoms with van der Waals surface area (Å²) >= 11 is 0. The van der Waals surface area contributed by atoms with Crippen molar-refractivity contribution in [1.29, 1.82) is 0 Å². The lowest BCUT2D eigenvalue weighted by molar-refractivity contribution is -0.112. The Morgan fingerprint density at radius 3 is 2.34 bits per heavy atom. The van der Waals surface area contributed by atoms with Crippen molar-refractivity contribution in [2.75, 3.05) is 19.0 Å². The van der Waals surface area contributed by atoms with Crippen LogP contribution in [-0.2, 0) is 16.1 Å². The van der Waals surface area contributed by atoms with Crippen molar-refractivity contribution in [3.05, 3.63) is 83.7 Å². The number of hydrogen-bond donors (Lipinski definition) is 1. The maximum absolute atomic E-state index is 13.0. The first-order valence-electron chi connectivity index (χ1n) is 10.5. The number of aromatic nitrogens is 1. The summed E-state index contributed by atoms with van der Waals surface area (Å²) in [6, 6.07) is 17.3. The SMILES string of the molecule is C/C=C(\C)C(=O)Nc1c(-c2ccc(OC)cc2)cn(Cc2ccccc2)c1C(=O)OCC. The molecule has 0 radical (unpaired) electrons. The summed E-state index contributed by atoms with van der Waals surface area (Å²) in [5.41, 5.74) is 3.88. The molecule has 0 unspecified atom stereocenters. The van der Waals surface area contributed by atoms with Crippen molar-refractivity contribution in [2.24, 2.45) is 0 Å². The van der Waals surface area contributed by atoms with E-state index in [1.807, 2.05) is 65.4 Å². The number of hydrogen-bond acceptors (Lipinski definition) is 4. The van der Waals surface area contributed by atoms with Crippen molar-refractivity contribution < 1.29 is 19.1 Å². The number of allylic oxidation sites excluding steroid dienone is 1. The van der Waals surface area contributed by atoms with E-state index >= 15 is 0 Å². The molecule has 0 saturated heterocycles. The number of nitrogens with one attached hydrogen (secondary N) is 1. The van der Waals surface area contributed by atoms with E-state index in [4.69, 9.17) is 9.47 Å². The molecule has 1 aromatic heterocycles. The second-order valence-electron chi connectivity index (χ2n) is 7.25. The van der Waals surface area contributed by atoms with Gasteiger partial charge in [-0.15, -0.1) is 0 Å². The standard InChI is InChI=1S/C26H28N2O4/c1-5-18(3)25(29)27-23-22(20-12-14-21(31-4)15-13-20)17-28(24(23)26(30)32-6-2)16-19-10-8-7-9-11-19/h5,7-15,17H,6,16H2,1-4H3,(H,27,29)/b18-5+. The van der Waals surface area contributed by atoms with E-state index in [0.29, 0.717) is 23.5 Å². The average molecular weight is 433 g/mol. The molecule has 2 aromatic carbocycles. The minimum absolute atomic E-state index is 0.231. The summed E-state index contributed by atoms with van der Waals surface area (Å²) in [4.78, 5) is 25.8. The molecule has 1 N–H and O–H groups in total. The fourth-order valence-electron chi connectivity index (χ4n) is 3.34. The average Bonchev–Trinajstić information content (AvgIpc) is 3.16. The van der Waals surface area contributed by atoms with Crippen molar-refractivity contribution in [3.63, 3.8) is 0 Å². The maximum Gasteiger partial charge on any atom is 0.357 e. The van der Waals surface area contributed by atoms with Crippen LogP contribution in [0.2, 0.25) is 0 Å². The summed E-state index contributed by atoms with van der Waals surface area (Å²) in [7, 11) is 1.61. The molecule has 1 heterocycles. The third-order valence-electron chi connectivity index (χ3n) is 5.17. The van der Waals surface area contributed by atoms with Gasteiger partial charge in [0.15, 0.2) is 5.69 Å². The zero-order valence-electron chi connectivity index (χ0n) is 18.8. The van der Waals surface area contributed by atoms with Crippen LogP contribution in [0.25, 0.3) is 11.1 Å². The molecule has 6 nitrogen and oxygen atoms in total. The number of carbonyl (C=O) groups excluding carboxylic acids is 2. The van der Waals surface area contributed by atoms with Gasteiger partial charge in [0.25, 0.3) is 5.91 Å². The Balaban J connectivity index is 2.19. The summed E-state index contributed by atoms with van der Waals surface area (Å²) in [6.45, 7) is 5.97. The van der Waals surface area contributed by atoms with E-state index in [1.165, 1.54) is 0 Å². The van der Waals surface area contributed by atoms with E-state index in [-0.39, 0.29) is 12.5 Å². The van der Waals surface area contributed by atoms with Gasteiger partial charge < -0.3 is 19.4 Å². The van der Waals surface area contributed by atoms with Gasteiger partial charge in [-0.1, -0.05) is 48.5 Å². The maximum atomic E-state index is 13.0. The normalized spacial score (nSPS) is 11.2. The van der Waals surface area contributed by atoms with Crippen LogP contribution in [0.5, 0.6) is 5.75 Å². The molecule has 0 atom stereocenters. The van der Waals surface area contributed by atoms with Gasteiger partial charge in [-0.2, -0.15) is 0 Å². The van der Waals surface area contributed by atoms with E-state index < -0.39 is 5.97 Å². The predicted molar refractivity (Wildman–Crippen MR) is 126 cm³/mol. The number of methoxy groups -OCH3 is 1. The van der Waals surface area contributed by atoms with Crippen LogP contribution in [0.1, 0.15) is 36.8 Å². The lowest BCUT2D eigenvalue weighted by Gasteiger charge is -2.12. The van der Waals surface area contributed by atoms with E-state index in [0.717, 1.165) is 22.4 Å². The largest absolute Gasteiger partial charge is 0.497 e. The first kappa shape index (κ1) is 22.9. The Morgan fingerprint density at radius 2 is 1.75 bits per heavy atom. The van der Waals surface area contributed by atoms with Crippen LogP contribution < -0.4 is 10.1 Å². The molecular weight excluding hydrogens is 404 g/mol. The molecule has 0 aliphatic carbocycles. The fraction of sp³-hybridized carbons (Fsp3) is 0.231. The molecule has 0 aliphatic heterocycles. The van der Waals surface area contributed by atoms with Gasteiger partial charge in [0.2, 0.25) is 0 Å². The minimum Gasteiger partial charge on any atom is -0.497 e. The van der Waals surface area contributed by atoms with Crippen LogP contribution in [0, 0.1) is 0 Å². The predicted octanol–water partition coefficient (Wildman–Crippen LogP) is 5.29. The van der Waals surface area contributed by atoms with Gasteiger partial charge in [-0.25, -0.2) is 4.79 Å². The third-order valence-corrected chi connectivity index (χ3v) is 5.17. The van der Waals surface area contributed by atoms with E-state index in [1.54, 1.807) is 34.0 Å². The Kier molecular flexibility index (Phi) is 7.49. The van der Waals surface area contributed by atoms with Crippen LogP contribution >= 0.6 is 0 Å². The number of esters is 1. The third kappa shape index (κ3) is 5.09. The zero-order chi connectivity index (χ0) is 23.1. The van der Waals surface area contributed by atoms with Crippen LogP contribution in [0.15, 0.2) is 72.4 Å². The fourth-order valence-corrected chi connectivity index (χ4v) is 3.34. The summed E-state index contributed by atoms with van der Waals surface area (Å²) < 4.78 is 12.4. The first-order chi connectivity index (χ1) is 15.5. The van der Waals surface area contributed by atoms with Gasteiger partial charge in [0, 0.05) is 23.9 Å². The molecule has 0 fully saturated rings. The number of carbonyl (C=O) groups is 2. The molecule has 3 rings (SSSR count). The molecule has 3 aromatic rings. The minimum atomic E-state index is -0.489. The van der Waals surface area contributed by atoms with Crippen LogP contribution in [-0.4, -0.2) is 30.2 Å². The van der Waals surface area contributed by atoms with E-state index in [2.05, 4.69) is 5.32 Å². The van der Waals surface area contributed by atoms with Gasteiger partial charge >= 0.3 is 5.97 Å². The number of ether oxygens (including phenoxy) is 2. The molecule has 1 amide bonds. The number of rotatable bonds is 8. The second-order valence-corrected chi connectivity index (χ2v) is 7.25. The number of nitrogens with zero attached hydrogens (tertiary/aromatic N) is 1. The van der Waals surface area contributed by atoms with Crippen molar-refractivity contribution in [1.82, 2.24) is 4.57 Å². The molecule has 0 saturated carbocycles. The second kappa shape index (κ2) is 10.5. The number of benzene rings is 2. The lowest BCUT2D eigenvalue weighted by Crippen LogP contribution is -2.18. The van der Waals surface area contributed by atoms with Crippen LogP contribution in [0.4, 0.5) is 5.69 Å². The Hall–Kier alpha value is -3.80. The molecule has 0 aliphatic rings. The van der Waals surface area contributed by atoms with E-state index in [9.17, 15) is 9.59 Å². The highest BCUT2D eigenvalue weighted by molar-refractivity contribution is 6.10. The highest BCUT2D eigenvalue weighted by atomic mass is 16.5. The smallest absolute Gasteiger partial charge is 0.357 e. The molecule has 0 spiro atoms. The monoisotopic (exact) mass is 432 g/mol. The molecule has 166 valence electrons. The molecular formula is C26H28N2O4. The van der Waals surface area contributed by atoms with Crippen LogP contribution in [0.3, 0.4) is 0 Å². The Bertz CT molecular complexity index is 1110. The first-order valence-corrected chi connectivity index (χ1v) is 10.5. The van der Waals surface area contributed by atoms with Gasteiger partial charge in [-0.05, 0) is 44.0 Å². The quantitative estimate of drug-likeness (QED) is 0.388. The Labute approximate surface area is 188 Å². The zero-order valence-corrected chi connectivity index (χ0v) is 18.8. The van der Waals surface area contributed by atoms with Gasteiger partial charge in [0.1, 0.15) is 5.75 Å². The highest BCUT2D eigenvalue weighted by Gasteiger charge is 2.25. The Morgan fingerprint density at radius 1 is 1.06 bits per heavy atom. The molecule has 0 bridgehead atoms. The topological polar surface area (TPSA) is 69.6 Å². The number of anilines is 1. The highest BCUT2D eigenvalue weighted by Crippen LogP contribution is 2.35. The molecule has 32 heavy (non-hydrogen) atoms. The summed E-state index contributed by atoms with van der Waals surface area (Å²) in [5, 5.41) is 2.94. The summed E-state index contributed by atoms with van der Waals surface area (Å²) in [6.07, 6.45) is 3.61.